The molecule has 2 atom stereocenters. The highest BCUT2D eigenvalue weighted by Crippen LogP contribution is 2.61. The number of aromatic hydroxyl groups is 1. The van der Waals surface area contributed by atoms with Gasteiger partial charge in [-0.1, -0.05) is 6.07 Å². The summed E-state index contributed by atoms with van der Waals surface area (Å²) >= 11 is 0. The molecule has 0 radical (unpaired) electrons. The number of hydrogen-bond donors (Lipinski definition) is 3. The molecule has 2 fully saturated rings. The number of aryl methyl sites for hydroxylation is 2. The second kappa shape index (κ2) is 8.66. The van der Waals surface area contributed by atoms with Crippen molar-refractivity contribution in [3.05, 3.63) is 35.7 Å². The Bertz CT molecular complexity index is 1010. The molecule has 9 nitrogen and oxygen atoms in total. The quantitative estimate of drug-likeness (QED) is 0.593. The van der Waals surface area contributed by atoms with Crippen LogP contribution in [0.25, 0.3) is 0 Å². The molecule has 0 bridgehead atoms. The van der Waals surface area contributed by atoms with Crippen LogP contribution >= 0.6 is 11.0 Å². The maximum absolute atomic E-state index is 11.1. The van der Waals surface area contributed by atoms with Crippen LogP contribution in [0, 0.1) is 6.92 Å². The highest BCUT2D eigenvalue weighted by molar-refractivity contribution is 8.23. The van der Waals surface area contributed by atoms with Gasteiger partial charge in [0.05, 0.1) is 23.0 Å². The first kappa shape index (κ1) is 24.2. The Labute approximate surface area is 198 Å². The summed E-state index contributed by atoms with van der Waals surface area (Å²) in [6, 6.07) is 5.77. The van der Waals surface area contributed by atoms with Crippen LogP contribution in [0.4, 0.5) is 5.69 Å². The van der Waals surface area contributed by atoms with Crippen LogP contribution in [0.1, 0.15) is 44.9 Å². The molecule has 2 aromatic rings. The van der Waals surface area contributed by atoms with Crippen molar-refractivity contribution in [3.8, 4) is 11.5 Å². The number of anilines is 1. The predicted molar refractivity (Wildman–Crippen MR) is 132 cm³/mol. The standard InChI is InChI=1S/C23H37N5O4S/c1-16(2)32-22-11-19(7-8-21(22)29)13-27-10-9-23(12-17(27)3)15-26(6)33(30,31)28(23)20-14-25(5)24-18(20)4/h7-8,11,14,16-17,29-31H,9-10,12-13,15H2,1-6H3/t17-,23+/m0/s1. The van der Waals surface area contributed by atoms with Crippen molar-refractivity contribution in [2.75, 3.05) is 24.4 Å². The van der Waals surface area contributed by atoms with E-state index in [4.69, 9.17) is 4.74 Å². The molecule has 184 valence electrons. The second-order valence-corrected chi connectivity index (χ2v) is 11.8. The molecule has 4 rings (SSSR count). The maximum Gasteiger partial charge on any atom is 0.161 e. The van der Waals surface area contributed by atoms with E-state index in [1.807, 2.05) is 50.5 Å². The van der Waals surface area contributed by atoms with Crippen molar-refractivity contribution < 1.29 is 18.9 Å². The van der Waals surface area contributed by atoms with Gasteiger partial charge >= 0.3 is 0 Å². The third kappa shape index (κ3) is 4.42. The number of rotatable bonds is 5. The summed E-state index contributed by atoms with van der Waals surface area (Å²) in [6.45, 7) is 10.1. The highest BCUT2D eigenvalue weighted by atomic mass is 32.3. The number of likely N-dealkylation sites (N-methyl/N-ethyl adjacent to an activating group) is 1. The fourth-order valence-electron chi connectivity index (χ4n) is 5.29. The molecule has 0 aliphatic carbocycles. The van der Waals surface area contributed by atoms with E-state index in [9.17, 15) is 14.2 Å². The van der Waals surface area contributed by atoms with Crippen molar-refractivity contribution in [2.45, 2.75) is 64.8 Å². The minimum atomic E-state index is -3.11. The third-order valence-corrected chi connectivity index (χ3v) is 8.79. The molecule has 3 N–H and O–H groups in total. The number of piperidine rings is 1. The molecule has 2 saturated heterocycles. The first-order valence-corrected chi connectivity index (χ1v) is 12.9. The molecule has 1 aromatic heterocycles. The molecule has 33 heavy (non-hydrogen) atoms. The number of ether oxygens (including phenoxy) is 1. The number of aromatic nitrogens is 2. The van der Waals surface area contributed by atoms with E-state index in [2.05, 4.69) is 16.9 Å². The van der Waals surface area contributed by atoms with Gasteiger partial charge in [0.25, 0.3) is 0 Å². The van der Waals surface area contributed by atoms with Crippen LogP contribution in [0.2, 0.25) is 0 Å². The Kier molecular flexibility index (Phi) is 6.34. The summed E-state index contributed by atoms with van der Waals surface area (Å²) < 4.78 is 33.3. The first-order chi connectivity index (χ1) is 15.4. The van der Waals surface area contributed by atoms with Gasteiger partial charge in [0.1, 0.15) is 0 Å². The lowest BCUT2D eigenvalue weighted by Crippen LogP contribution is -2.57. The third-order valence-electron chi connectivity index (χ3n) is 6.75. The van der Waals surface area contributed by atoms with Crippen molar-refractivity contribution in [1.29, 1.82) is 0 Å². The lowest BCUT2D eigenvalue weighted by atomic mass is 9.82. The fourth-order valence-corrected chi connectivity index (χ4v) is 7.17. The van der Waals surface area contributed by atoms with Crippen LogP contribution in [0.5, 0.6) is 11.5 Å². The van der Waals surface area contributed by atoms with Gasteiger partial charge in [0.2, 0.25) is 0 Å². The number of likely N-dealkylation sites (tertiary alicyclic amines) is 1. The Morgan fingerprint density at radius 3 is 2.61 bits per heavy atom. The van der Waals surface area contributed by atoms with Gasteiger partial charge in [-0.15, -0.1) is 0 Å². The van der Waals surface area contributed by atoms with E-state index in [0.29, 0.717) is 12.3 Å². The van der Waals surface area contributed by atoms with Gasteiger partial charge in [-0.25, -0.2) is 4.31 Å². The van der Waals surface area contributed by atoms with Crippen molar-refractivity contribution in [1.82, 2.24) is 19.0 Å². The zero-order valence-corrected chi connectivity index (χ0v) is 21.2. The van der Waals surface area contributed by atoms with Gasteiger partial charge in [0.15, 0.2) is 11.5 Å². The number of hydrogen-bond acceptors (Lipinski definition) is 8. The number of nitrogens with zero attached hydrogens (tertiary/aromatic N) is 5. The Morgan fingerprint density at radius 1 is 1.27 bits per heavy atom. The van der Waals surface area contributed by atoms with Crippen LogP contribution < -0.4 is 9.04 Å². The van der Waals surface area contributed by atoms with Gasteiger partial charge in [-0.2, -0.15) is 9.40 Å². The number of phenolic OH excluding ortho intramolecular Hbond substituents is 1. The van der Waals surface area contributed by atoms with E-state index in [0.717, 1.165) is 42.9 Å². The van der Waals surface area contributed by atoms with E-state index in [1.165, 1.54) is 0 Å². The Balaban J connectivity index is 1.56. The smallest absolute Gasteiger partial charge is 0.161 e. The van der Waals surface area contributed by atoms with Crippen molar-refractivity contribution in [2.24, 2.45) is 7.05 Å². The summed E-state index contributed by atoms with van der Waals surface area (Å²) in [6.07, 6.45) is 3.48. The molecule has 0 unspecified atom stereocenters. The molecule has 2 aliphatic rings. The molecule has 3 heterocycles. The summed E-state index contributed by atoms with van der Waals surface area (Å²) in [4.78, 5) is 2.41. The van der Waals surface area contributed by atoms with E-state index < -0.39 is 11.0 Å². The average molecular weight is 480 g/mol. The lowest BCUT2D eigenvalue weighted by Gasteiger charge is -2.51. The zero-order valence-electron chi connectivity index (χ0n) is 20.4. The Hall–Kier alpha value is -1.98. The predicted octanol–water partition coefficient (Wildman–Crippen LogP) is 3.98. The van der Waals surface area contributed by atoms with E-state index >= 15 is 0 Å². The number of benzene rings is 1. The van der Waals surface area contributed by atoms with Crippen LogP contribution in [-0.4, -0.2) is 71.0 Å². The molecule has 1 spiro atoms. The van der Waals surface area contributed by atoms with Crippen LogP contribution in [0.3, 0.4) is 0 Å². The molecular formula is C23H37N5O4S. The van der Waals surface area contributed by atoms with Crippen molar-refractivity contribution in [3.63, 3.8) is 0 Å². The SMILES string of the molecule is Cc1nn(C)cc1N1[C@@]2(CCN(Cc3ccc(O)c(OC(C)C)c3)[C@@H](C)C2)CN(C)S1(O)O. The van der Waals surface area contributed by atoms with E-state index in [1.54, 1.807) is 22.1 Å². The number of phenols is 1. The van der Waals surface area contributed by atoms with E-state index in [-0.39, 0.29) is 23.4 Å². The average Bonchev–Trinajstić information content (AvgIpc) is 3.12. The minimum absolute atomic E-state index is 0.0130. The first-order valence-electron chi connectivity index (χ1n) is 11.5. The molecular weight excluding hydrogens is 442 g/mol. The van der Waals surface area contributed by atoms with Crippen molar-refractivity contribution >= 4 is 16.6 Å². The Morgan fingerprint density at radius 2 is 2.00 bits per heavy atom. The molecule has 0 amide bonds. The summed E-state index contributed by atoms with van der Waals surface area (Å²) in [7, 11) is 0.533. The molecule has 0 saturated carbocycles. The fraction of sp³-hybridized carbons (Fsp3) is 0.609. The monoisotopic (exact) mass is 479 g/mol. The summed E-state index contributed by atoms with van der Waals surface area (Å²) in [5.41, 5.74) is 2.29. The molecule has 1 aromatic carbocycles. The second-order valence-electron chi connectivity index (χ2n) is 9.81. The van der Waals surface area contributed by atoms with Gasteiger partial charge < -0.3 is 9.84 Å². The highest BCUT2D eigenvalue weighted by Gasteiger charge is 2.56. The van der Waals surface area contributed by atoms with Gasteiger partial charge in [-0.05, 0) is 69.2 Å². The lowest BCUT2D eigenvalue weighted by molar-refractivity contribution is 0.100. The summed E-state index contributed by atoms with van der Waals surface area (Å²) in [5.74, 6) is 0.660. The van der Waals surface area contributed by atoms with Crippen LogP contribution in [0.15, 0.2) is 24.4 Å². The minimum Gasteiger partial charge on any atom is -0.504 e. The van der Waals surface area contributed by atoms with Crippen LogP contribution in [-0.2, 0) is 13.6 Å². The van der Waals surface area contributed by atoms with Gasteiger partial charge in [-0.3, -0.25) is 18.7 Å². The topological polar surface area (TPSA) is 97.5 Å². The zero-order chi connectivity index (χ0) is 24.1. The van der Waals surface area contributed by atoms with Gasteiger partial charge in [0, 0.05) is 46.0 Å². The summed E-state index contributed by atoms with van der Waals surface area (Å²) in [5, 5.41) is 14.6. The normalized spacial score (nSPS) is 26.9. The molecule has 2 aliphatic heterocycles. The largest absolute Gasteiger partial charge is 0.504 e. The maximum atomic E-state index is 11.1. The molecule has 10 heteroatoms.